The lowest BCUT2D eigenvalue weighted by atomic mass is 9.75. The summed E-state index contributed by atoms with van der Waals surface area (Å²) in [6, 6.07) is 12.6. The number of benzene rings is 2. The van der Waals surface area contributed by atoms with Crippen molar-refractivity contribution in [3.05, 3.63) is 76.1 Å². The number of nitrogens with one attached hydrogen (secondary N) is 2. The minimum Gasteiger partial charge on any atom is -0.504 e. The summed E-state index contributed by atoms with van der Waals surface area (Å²) >= 11 is 0. The number of dihydropyridines is 1. The first-order chi connectivity index (χ1) is 15.4. The minimum atomic E-state index is -0.539. The molecule has 6 heteroatoms. The summed E-state index contributed by atoms with van der Waals surface area (Å²) < 4.78 is 5.58. The van der Waals surface area contributed by atoms with Crippen LogP contribution in [0.15, 0.2) is 65.0 Å². The summed E-state index contributed by atoms with van der Waals surface area (Å²) in [5, 5.41) is 16.5. The Morgan fingerprint density at radius 2 is 1.97 bits per heavy atom. The van der Waals surface area contributed by atoms with Gasteiger partial charge in [-0.1, -0.05) is 24.3 Å². The van der Waals surface area contributed by atoms with Crippen LogP contribution in [0.1, 0.15) is 50.2 Å². The van der Waals surface area contributed by atoms with E-state index in [1.165, 1.54) is 0 Å². The van der Waals surface area contributed by atoms with E-state index in [0.29, 0.717) is 29.9 Å². The molecule has 1 atom stereocenters. The number of para-hydroxylation sites is 1. The number of rotatable bonds is 5. The van der Waals surface area contributed by atoms with Gasteiger partial charge in [0.2, 0.25) is 0 Å². The van der Waals surface area contributed by atoms with Crippen LogP contribution < -0.4 is 15.4 Å². The Kier molecular flexibility index (Phi) is 6.04. The minimum absolute atomic E-state index is 0.0281. The summed E-state index contributed by atoms with van der Waals surface area (Å²) in [4.78, 5) is 26.6. The molecule has 2 aromatic rings. The van der Waals surface area contributed by atoms with E-state index in [-0.39, 0.29) is 17.4 Å². The van der Waals surface area contributed by atoms with Crippen LogP contribution >= 0.6 is 0 Å². The number of phenolic OH excluding ortho intramolecular Hbond substituents is 1. The van der Waals surface area contributed by atoms with E-state index in [1.54, 1.807) is 18.2 Å². The van der Waals surface area contributed by atoms with Crippen LogP contribution in [-0.2, 0) is 9.59 Å². The number of anilines is 1. The van der Waals surface area contributed by atoms with Crippen molar-refractivity contribution in [1.82, 2.24) is 5.32 Å². The molecule has 2 aliphatic rings. The molecule has 6 nitrogen and oxygen atoms in total. The zero-order valence-corrected chi connectivity index (χ0v) is 18.6. The molecule has 0 spiro atoms. The number of Topliss-reactive ketones (excluding diaryl/α,β-unsaturated/α-hetero) is 1. The van der Waals surface area contributed by atoms with Crippen molar-refractivity contribution in [2.45, 2.75) is 46.0 Å². The molecule has 0 radical (unpaired) electrons. The Morgan fingerprint density at radius 3 is 2.72 bits per heavy atom. The first-order valence-electron chi connectivity index (χ1n) is 11.0. The van der Waals surface area contributed by atoms with Gasteiger partial charge in [0.1, 0.15) is 0 Å². The molecule has 2 aromatic carbocycles. The summed E-state index contributed by atoms with van der Waals surface area (Å²) in [5.41, 5.74) is 5.15. The maximum Gasteiger partial charge on any atom is 0.254 e. The zero-order valence-electron chi connectivity index (χ0n) is 18.6. The largest absolute Gasteiger partial charge is 0.504 e. The molecule has 1 heterocycles. The molecule has 0 fully saturated rings. The number of hydrogen-bond donors (Lipinski definition) is 3. The van der Waals surface area contributed by atoms with E-state index in [4.69, 9.17) is 4.74 Å². The lowest BCUT2D eigenvalue weighted by Gasteiger charge is -2.34. The summed E-state index contributed by atoms with van der Waals surface area (Å²) in [6.07, 6.45) is 2.01. The molecule has 0 unspecified atom stereocenters. The number of hydrogen-bond acceptors (Lipinski definition) is 5. The fourth-order valence-corrected chi connectivity index (χ4v) is 4.50. The van der Waals surface area contributed by atoms with Crippen molar-refractivity contribution >= 4 is 17.4 Å². The molecule has 1 aliphatic carbocycles. The van der Waals surface area contributed by atoms with Crippen molar-refractivity contribution in [1.29, 1.82) is 0 Å². The second-order valence-electron chi connectivity index (χ2n) is 8.19. The van der Waals surface area contributed by atoms with Crippen molar-refractivity contribution in [3.8, 4) is 11.5 Å². The van der Waals surface area contributed by atoms with Crippen LogP contribution in [0, 0.1) is 6.92 Å². The summed E-state index contributed by atoms with van der Waals surface area (Å²) in [5.74, 6) is -0.387. The molecule has 1 aliphatic heterocycles. The van der Waals surface area contributed by atoms with Crippen molar-refractivity contribution < 1.29 is 19.4 Å². The average Bonchev–Trinajstić information content (AvgIpc) is 2.76. The third kappa shape index (κ3) is 4.00. The van der Waals surface area contributed by atoms with Gasteiger partial charge in [-0.25, -0.2) is 0 Å². The fraction of sp³-hybridized carbons (Fsp3) is 0.308. The lowest BCUT2D eigenvalue weighted by Crippen LogP contribution is -2.35. The van der Waals surface area contributed by atoms with Gasteiger partial charge in [0.05, 0.1) is 6.61 Å². The highest BCUT2D eigenvalue weighted by molar-refractivity contribution is 6.10. The molecule has 0 saturated heterocycles. The smallest absolute Gasteiger partial charge is 0.254 e. The Balaban J connectivity index is 1.82. The molecule has 1 amide bonds. The molecule has 0 bridgehead atoms. The van der Waals surface area contributed by atoms with Gasteiger partial charge in [-0.05, 0) is 62.9 Å². The maximum absolute atomic E-state index is 13.5. The van der Waals surface area contributed by atoms with Crippen LogP contribution in [0.4, 0.5) is 5.69 Å². The number of aryl methyl sites for hydroxylation is 1. The van der Waals surface area contributed by atoms with Gasteiger partial charge in [0.15, 0.2) is 17.3 Å². The number of amides is 1. The van der Waals surface area contributed by atoms with Crippen molar-refractivity contribution in [3.63, 3.8) is 0 Å². The quantitative estimate of drug-likeness (QED) is 0.637. The second-order valence-corrected chi connectivity index (χ2v) is 8.19. The number of ketones is 1. The van der Waals surface area contributed by atoms with Crippen LogP contribution in [0.3, 0.4) is 0 Å². The van der Waals surface area contributed by atoms with Gasteiger partial charge < -0.3 is 20.5 Å². The Labute approximate surface area is 188 Å². The molecule has 32 heavy (non-hydrogen) atoms. The van der Waals surface area contributed by atoms with Gasteiger partial charge in [-0.3, -0.25) is 9.59 Å². The fourth-order valence-electron chi connectivity index (χ4n) is 4.50. The Morgan fingerprint density at radius 1 is 1.19 bits per heavy atom. The first kappa shape index (κ1) is 21.7. The van der Waals surface area contributed by atoms with E-state index in [2.05, 4.69) is 10.6 Å². The molecule has 4 rings (SSSR count). The maximum atomic E-state index is 13.5. The third-order valence-corrected chi connectivity index (χ3v) is 6.03. The van der Waals surface area contributed by atoms with Gasteiger partial charge >= 0.3 is 0 Å². The molecular formula is C26H28N2O4. The molecular weight excluding hydrogens is 404 g/mol. The monoisotopic (exact) mass is 432 g/mol. The predicted octanol–water partition coefficient (Wildman–Crippen LogP) is 4.71. The second kappa shape index (κ2) is 8.91. The third-order valence-electron chi connectivity index (χ3n) is 6.03. The average molecular weight is 433 g/mol. The molecule has 0 aromatic heterocycles. The van der Waals surface area contributed by atoms with E-state index in [9.17, 15) is 14.7 Å². The Hall–Kier alpha value is -3.54. The number of aromatic hydroxyl groups is 1. The number of allylic oxidation sites excluding steroid dienone is 3. The van der Waals surface area contributed by atoms with Gasteiger partial charge in [0, 0.05) is 40.6 Å². The zero-order chi connectivity index (χ0) is 22.8. The van der Waals surface area contributed by atoms with E-state index in [1.807, 2.05) is 45.0 Å². The number of ether oxygens (including phenoxy) is 1. The standard InChI is InChI=1S/C26H28N2O4/c1-4-32-22-14-17(12-13-20(22)29)24-23(26(31)28-18-9-6-5-8-15(18)2)16(3)27-19-10-7-11-21(30)25(19)24/h5-6,8-9,12-14,24,27,29H,4,7,10-11H2,1-3H3,(H,28,31)/t24-/m0/s1. The highest BCUT2D eigenvalue weighted by Gasteiger charge is 2.38. The summed E-state index contributed by atoms with van der Waals surface area (Å²) in [7, 11) is 0. The number of carbonyl (C=O) groups is 2. The van der Waals surface area contributed by atoms with E-state index in [0.717, 1.165) is 41.1 Å². The van der Waals surface area contributed by atoms with E-state index >= 15 is 0 Å². The number of phenols is 1. The summed E-state index contributed by atoms with van der Waals surface area (Å²) in [6.45, 7) is 6.04. The number of carbonyl (C=O) groups excluding carboxylic acids is 2. The van der Waals surface area contributed by atoms with Crippen molar-refractivity contribution in [2.24, 2.45) is 0 Å². The van der Waals surface area contributed by atoms with Crippen molar-refractivity contribution in [2.75, 3.05) is 11.9 Å². The first-order valence-corrected chi connectivity index (χ1v) is 11.0. The molecule has 166 valence electrons. The molecule has 3 N–H and O–H groups in total. The molecule has 0 saturated carbocycles. The SMILES string of the molecule is CCOc1cc([C@H]2C(C(=O)Nc3ccccc3C)=C(C)NC3=C2C(=O)CCC3)ccc1O. The van der Waals surface area contributed by atoms with Crippen LogP contribution in [0.25, 0.3) is 0 Å². The topological polar surface area (TPSA) is 87.7 Å². The normalized spacial score (nSPS) is 18.2. The predicted molar refractivity (Wildman–Crippen MR) is 124 cm³/mol. The Bertz CT molecular complexity index is 1150. The lowest BCUT2D eigenvalue weighted by molar-refractivity contribution is -0.116. The highest BCUT2D eigenvalue weighted by Crippen LogP contribution is 2.44. The van der Waals surface area contributed by atoms with Crippen LogP contribution in [0.2, 0.25) is 0 Å². The van der Waals surface area contributed by atoms with Gasteiger partial charge in [-0.15, -0.1) is 0 Å². The van der Waals surface area contributed by atoms with Crippen LogP contribution in [-0.4, -0.2) is 23.4 Å². The van der Waals surface area contributed by atoms with Gasteiger partial charge in [0.25, 0.3) is 5.91 Å². The van der Waals surface area contributed by atoms with Gasteiger partial charge in [-0.2, -0.15) is 0 Å². The van der Waals surface area contributed by atoms with Crippen LogP contribution in [0.5, 0.6) is 11.5 Å². The highest BCUT2D eigenvalue weighted by atomic mass is 16.5. The van der Waals surface area contributed by atoms with E-state index < -0.39 is 5.92 Å².